The maximum Gasteiger partial charge on any atom is 0.234 e. The van der Waals surface area contributed by atoms with Gasteiger partial charge in [-0.1, -0.05) is 30.7 Å². The zero-order valence-corrected chi connectivity index (χ0v) is 12.2. The Morgan fingerprint density at radius 3 is 2.53 bits per heavy atom. The van der Waals surface area contributed by atoms with E-state index < -0.39 is 6.10 Å². The number of amides is 1. The number of nitrogens with one attached hydrogen (secondary N) is 1. The van der Waals surface area contributed by atoms with Crippen LogP contribution < -0.4 is 5.32 Å². The third-order valence-electron chi connectivity index (χ3n) is 2.87. The van der Waals surface area contributed by atoms with E-state index >= 15 is 0 Å². The topological polar surface area (TPSA) is 52.6 Å². The molecule has 1 unspecified atom stereocenters. The molecule has 1 aromatic rings. The smallest absolute Gasteiger partial charge is 0.234 e. The minimum atomic E-state index is -0.619. The minimum absolute atomic E-state index is 0.0207. The lowest BCUT2D eigenvalue weighted by atomic mass is 10.1. The Morgan fingerprint density at radius 1 is 1.37 bits per heavy atom. The van der Waals surface area contributed by atoms with Crippen LogP contribution in [0.15, 0.2) is 24.3 Å². The van der Waals surface area contributed by atoms with E-state index in [0.717, 1.165) is 5.56 Å². The summed E-state index contributed by atoms with van der Waals surface area (Å²) < 4.78 is 0. The summed E-state index contributed by atoms with van der Waals surface area (Å²) in [6, 6.07) is 7.10. The van der Waals surface area contributed by atoms with Gasteiger partial charge < -0.3 is 10.4 Å². The van der Waals surface area contributed by atoms with Crippen molar-refractivity contribution < 1.29 is 9.90 Å². The summed E-state index contributed by atoms with van der Waals surface area (Å²) in [6.45, 7) is 5.91. The highest BCUT2D eigenvalue weighted by Crippen LogP contribution is 2.17. The SMILES string of the molecule is CCNC(=O)CN(CC)CC(O)c1ccc(Cl)cc1. The molecule has 0 aliphatic carbocycles. The van der Waals surface area contributed by atoms with Crippen LogP contribution in [0.4, 0.5) is 0 Å². The first-order valence-electron chi connectivity index (χ1n) is 6.49. The number of nitrogens with zero attached hydrogens (tertiary/aromatic N) is 1. The largest absolute Gasteiger partial charge is 0.387 e. The molecule has 0 fully saturated rings. The lowest BCUT2D eigenvalue weighted by Gasteiger charge is -2.23. The van der Waals surface area contributed by atoms with Crippen LogP contribution >= 0.6 is 11.6 Å². The molecule has 2 N–H and O–H groups in total. The normalized spacial score (nSPS) is 12.5. The molecule has 4 nitrogen and oxygen atoms in total. The van der Waals surface area contributed by atoms with E-state index in [0.29, 0.717) is 31.2 Å². The van der Waals surface area contributed by atoms with Gasteiger partial charge in [-0.15, -0.1) is 0 Å². The molecule has 0 bridgehead atoms. The number of carbonyl (C=O) groups excluding carboxylic acids is 1. The molecule has 19 heavy (non-hydrogen) atoms. The number of carbonyl (C=O) groups is 1. The van der Waals surface area contributed by atoms with Gasteiger partial charge in [-0.05, 0) is 31.2 Å². The molecule has 0 aromatic heterocycles. The molecule has 0 radical (unpaired) electrons. The van der Waals surface area contributed by atoms with E-state index in [2.05, 4.69) is 5.32 Å². The standard InChI is InChI=1S/C14H21ClN2O2/c1-3-16-14(19)10-17(4-2)9-13(18)11-5-7-12(15)8-6-11/h5-8,13,18H,3-4,9-10H2,1-2H3,(H,16,19). The monoisotopic (exact) mass is 284 g/mol. The van der Waals surface area contributed by atoms with Gasteiger partial charge in [0.25, 0.3) is 0 Å². The maximum atomic E-state index is 11.5. The molecule has 0 saturated heterocycles. The number of likely N-dealkylation sites (N-methyl/N-ethyl adjacent to an activating group) is 2. The number of halogens is 1. The van der Waals surface area contributed by atoms with Gasteiger partial charge in [-0.25, -0.2) is 0 Å². The van der Waals surface area contributed by atoms with Crippen LogP contribution in [0.25, 0.3) is 0 Å². The van der Waals surface area contributed by atoms with Crippen molar-refractivity contribution in [3.63, 3.8) is 0 Å². The Labute approximate surface area is 119 Å². The second-order valence-corrected chi connectivity index (χ2v) is 4.79. The fourth-order valence-corrected chi connectivity index (χ4v) is 1.92. The van der Waals surface area contributed by atoms with Gasteiger partial charge in [0.1, 0.15) is 0 Å². The Kier molecular flexibility index (Phi) is 6.84. The van der Waals surface area contributed by atoms with Gasteiger partial charge in [-0.2, -0.15) is 0 Å². The maximum absolute atomic E-state index is 11.5. The first-order chi connectivity index (χ1) is 9.06. The molecule has 0 heterocycles. The van der Waals surface area contributed by atoms with E-state index in [9.17, 15) is 9.90 Å². The molecule has 5 heteroatoms. The van der Waals surface area contributed by atoms with Crippen molar-refractivity contribution in [2.75, 3.05) is 26.2 Å². The Hall–Kier alpha value is -1.10. The molecular formula is C14H21ClN2O2. The first-order valence-corrected chi connectivity index (χ1v) is 6.87. The molecule has 106 valence electrons. The van der Waals surface area contributed by atoms with E-state index in [4.69, 9.17) is 11.6 Å². The molecule has 1 rings (SSSR count). The van der Waals surface area contributed by atoms with Gasteiger partial charge in [0.05, 0.1) is 12.6 Å². The molecule has 1 amide bonds. The fourth-order valence-electron chi connectivity index (χ4n) is 1.80. The van der Waals surface area contributed by atoms with Crippen molar-refractivity contribution in [2.24, 2.45) is 0 Å². The van der Waals surface area contributed by atoms with Crippen LogP contribution in [0.1, 0.15) is 25.5 Å². The second kappa shape index (κ2) is 8.15. The van der Waals surface area contributed by atoms with E-state index in [1.54, 1.807) is 24.3 Å². The van der Waals surface area contributed by atoms with E-state index in [-0.39, 0.29) is 5.91 Å². The number of aliphatic hydroxyl groups excluding tert-OH is 1. The van der Waals surface area contributed by atoms with Crippen molar-refractivity contribution in [1.29, 1.82) is 0 Å². The predicted molar refractivity (Wildman–Crippen MR) is 77.2 cm³/mol. The van der Waals surface area contributed by atoms with Crippen LogP contribution in [-0.2, 0) is 4.79 Å². The summed E-state index contributed by atoms with van der Waals surface area (Å²) in [6.07, 6.45) is -0.619. The highest BCUT2D eigenvalue weighted by Gasteiger charge is 2.14. The van der Waals surface area contributed by atoms with Crippen molar-refractivity contribution in [1.82, 2.24) is 10.2 Å². The van der Waals surface area contributed by atoms with Crippen LogP contribution in [0.3, 0.4) is 0 Å². The number of hydrogen-bond donors (Lipinski definition) is 2. The van der Waals surface area contributed by atoms with Crippen LogP contribution in [0.5, 0.6) is 0 Å². The summed E-state index contributed by atoms with van der Waals surface area (Å²) in [7, 11) is 0. The lowest BCUT2D eigenvalue weighted by Crippen LogP contribution is -2.39. The summed E-state index contributed by atoms with van der Waals surface area (Å²) in [5.41, 5.74) is 0.804. The van der Waals surface area contributed by atoms with Crippen LogP contribution in [0, 0.1) is 0 Å². The Balaban J connectivity index is 2.55. The van der Waals surface area contributed by atoms with E-state index in [1.165, 1.54) is 0 Å². The molecule has 1 aromatic carbocycles. The lowest BCUT2D eigenvalue weighted by molar-refractivity contribution is -0.122. The quantitative estimate of drug-likeness (QED) is 0.803. The van der Waals surface area contributed by atoms with Gasteiger partial charge >= 0.3 is 0 Å². The van der Waals surface area contributed by atoms with Gasteiger partial charge in [0.2, 0.25) is 5.91 Å². The van der Waals surface area contributed by atoms with Crippen LogP contribution in [-0.4, -0.2) is 42.1 Å². The molecule has 0 aliphatic heterocycles. The second-order valence-electron chi connectivity index (χ2n) is 4.35. The number of aliphatic hydroxyl groups is 1. The number of rotatable bonds is 7. The van der Waals surface area contributed by atoms with Crippen LogP contribution in [0.2, 0.25) is 5.02 Å². The average molecular weight is 285 g/mol. The third kappa shape index (κ3) is 5.59. The summed E-state index contributed by atoms with van der Waals surface area (Å²) >= 11 is 5.81. The predicted octanol–water partition coefficient (Wildman–Crippen LogP) is 1.83. The van der Waals surface area contributed by atoms with Crippen molar-refractivity contribution in [3.8, 4) is 0 Å². The Morgan fingerprint density at radius 2 is 2.00 bits per heavy atom. The Bertz CT molecular complexity index is 395. The molecular weight excluding hydrogens is 264 g/mol. The highest BCUT2D eigenvalue weighted by molar-refractivity contribution is 6.30. The third-order valence-corrected chi connectivity index (χ3v) is 3.13. The molecule has 0 spiro atoms. The summed E-state index contributed by atoms with van der Waals surface area (Å²) in [4.78, 5) is 13.4. The summed E-state index contributed by atoms with van der Waals surface area (Å²) in [5, 5.41) is 13.5. The van der Waals surface area contributed by atoms with Crippen molar-refractivity contribution in [2.45, 2.75) is 20.0 Å². The highest BCUT2D eigenvalue weighted by atomic mass is 35.5. The minimum Gasteiger partial charge on any atom is -0.387 e. The zero-order chi connectivity index (χ0) is 14.3. The van der Waals surface area contributed by atoms with Gasteiger partial charge in [-0.3, -0.25) is 9.69 Å². The first kappa shape index (κ1) is 16.0. The number of benzene rings is 1. The average Bonchev–Trinajstić information content (AvgIpc) is 2.38. The van der Waals surface area contributed by atoms with Gasteiger partial charge in [0.15, 0.2) is 0 Å². The van der Waals surface area contributed by atoms with E-state index in [1.807, 2.05) is 18.7 Å². The molecule has 0 aliphatic rings. The zero-order valence-electron chi connectivity index (χ0n) is 11.4. The molecule has 1 atom stereocenters. The van der Waals surface area contributed by atoms with Crippen molar-refractivity contribution in [3.05, 3.63) is 34.9 Å². The van der Waals surface area contributed by atoms with Gasteiger partial charge in [0, 0.05) is 18.1 Å². The molecule has 0 saturated carbocycles. The fraction of sp³-hybridized carbons (Fsp3) is 0.500. The summed E-state index contributed by atoms with van der Waals surface area (Å²) in [5.74, 6) is -0.0207. The number of hydrogen-bond acceptors (Lipinski definition) is 3. The van der Waals surface area contributed by atoms with Crippen molar-refractivity contribution >= 4 is 17.5 Å².